The highest BCUT2D eigenvalue weighted by Crippen LogP contribution is 2.35. The number of rotatable bonds is 12. The van der Waals surface area contributed by atoms with Crippen molar-refractivity contribution in [2.75, 3.05) is 7.05 Å². The number of aromatic nitrogens is 1. The predicted molar refractivity (Wildman–Crippen MR) is 126 cm³/mol. The maximum absolute atomic E-state index is 13.0. The Morgan fingerprint density at radius 3 is 2.25 bits per heavy atom. The number of alkyl halides is 4. The van der Waals surface area contributed by atoms with Crippen molar-refractivity contribution < 1.29 is 31.8 Å². The lowest BCUT2D eigenvalue weighted by molar-refractivity contribution is -0.123. The van der Waals surface area contributed by atoms with Crippen molar-refractivity contribution in [1.82, 2.24) is 15.6 Å². The van der Waals surface area contributed by atoms with Gasteiger partial charge < -0.3 is 14.8 Å². The quantitative estimate of drug-likeness (QED) is 0.297. The van der Waals surface area contributed by atoms with Crippen molar-refractivity contribution in [3.63, 3.8) is 0 Å². The molecule has 2 aromatic carbocycles. The van der Waals surface area contributed by atoms with Gasteiger partial charge in [0.25, 0.3) is 0 Å². The minimum absolute atomic E-state index is 0.322. The van der Waals surface area contributed by atoms with Crippen LogP contribution in [-0.2, 0) is 11.2 Å². The van der Waals surface area contributed by atoms with E-state index in [1.807, 2.05) is 6.07 Å². The zero-order valence-corrected chi connectivity index (χ0v) is 19.9. The second-order valence-electron chi connectivity index (χ2n) is 7.65. The van der Waals surface area contributed by atoms with Gasteiger partial charge in [0.05, 0.1) is 5.02 Å². The summed E-state index contributed by atoms with van der Waals surface area (Å²) in [6, 6.07) is 14.8. The summed E-state index contributed by atoms with van der Waals surface area (Å²) in [4.78, 5) is 17.0. The van der Waals surface area contributed by atoms with E-state index in [4.69, 9.17) is 11.6 Å². The Morgan fingerprint density at radius 2 is 1.64 bits per heavy atom. The van der Waals surface area contributed by atoms with Crippen molar-refractivity contribution >= 4 is 17.5 Å². The monoisotopic (exact) mass is 525 g/mol. The Kier molecular flexibility index (Phi) is 9.89. The smallest absolute Gasteiger partial charge is 0.387 e. The number of amides is 1. The second-order valence-corrected chi connectivity index (χ2v) is 8.08. The molecule has 0 saturated carbocycles. The van der Waals surface area contributed by atoms with E-state index in [9.17, 15) is 22.4 Å². The standard InChI is InChI=1S/C25H24ClF4N3O3/c1-31-23(34)22(15-5-3-2-4-6-15)33-19(11-10-18-9-8-17(26)14-32-18)16-7-12-20(35-24(27)28)21(13-16)36-25(29)30/h2-9,12-14,19,22,24-25,33H,10-11H2,1H3,(H,31,34)/t19-,22-/m0/s1. The Morgan fingerprint density at radius 1 is 0.944 bits per heavy atom. The molecule has 0 saturated heterocycles. The molecule has 0 aliphatic heterocycles. The van der Waals surface area contributed by atoms with Gasteiger partial charge >= 0.3 is 13.2 Å². The number of aryl methyl sites for hydroxylation is 1. The van der Waals surface area contributed by atoms with Crippen LogP contribution in [-0.4, -0.2) is 31.2 Å². The van der Waals surface area contributed by atoms with Crippen LogP contribution in [0.25, 0.3) is 0 Å². The Bertz CT molecular complexity index is 1120. The first kappa shape index (κ1) is 27.2. The van der Waals surface area contributed by atoms with E-state index in [2.05, 4.69) is 25.1 Å². The molecule has 2 N–H and O–H groups in total. The molecule has 2 atom stereocenters. The molecule has 0 aliphatic carbocycles. The normalized spacial score (nSPS) is 12.9. The third-order valence-corrected chi connectivity index (χ3v) is 5.51. The molecule has 3 rings (SSSR count). The summed E-state index contributed by atoms with van der Waals surface area (Å²) in [5.41, 5.74) is 1.81. The molecule has 6 nitrogen and oxygen atoms in total. The third kappa shape index (κ3) is 7.82. The average Bonchev–Trinajstić information content (AvgIpc) is 2.86. The van der Waals surface area contributed by atoms with E-state index >= 15 is 0 Å². The zero-order chi connectivity index (χ0) is 26.1. The Balaban J connectivity index is 1.97. The molecule has 1 amide bonds. The minimum atomic E-state index is -3.26. The van der Waals surface area contributed by atoms with Gasteiger partial charge in [-0.3, -0.25) is 15.1 Å². The fourth-order valence-corrected chi connectivity index (χ4v) is 3.74. The van der Waals surface area contributed by atoms with Crippen molar-refractivity contribution in [2.45, 2.75) is 38.1 Å². The maximum Gasteiger partial charge on any atom is 0.387 e. The lowest BCUT2D eigenvalue weighted by Gasteiger charge is -2.26. The first-order chi connectivity index (χ1) is 17.3. The molecule has 11 heteroatoms. The van der Waals surface area contributed by atoms with Gasteiger partial charge in [-0.15, -0.1) is 0 Å². The lowest BCUT2D eigenvalue weighted by atomic mass is 9.97. The highest BCUT2D eigenvalue weighted by molar-refractivity contribution is 6.30. The number of carbonyl (C=O) groups excluding carboxylic acids is 1. The van der Waals surface area contributed by atoms with Gasteiger partial charge in [0.2, 0.25) is 5.91 Å². The highest BCUT2D eigenvalue weighted by Gasteiger charge is 2.26. The number of hydrogen-bond donors (Lipinski definition) is 2. The summed E-state index contributed by atoms with van der Waals surface area (Å²) in [5.74, 6) is -1.40. The van der Waals surface area contributed by atoms with Crippen LogP contribution in [0.2, 0.25) is 5.02 Å². The van der Waals surface area contributed by atoms with Crippen LogP contribution in [0.3, 0.4) is 0 Å². The Labute approximate surface area is 210 Å². The van der Waals surface area contributed by atoms with Crippen LogP contribution < -0.4 is 20.1 Å². The van der Waals surface area contributed by atoms with E-state index < -0.39 is 36.8 Å². The van der Waals surface area contributed by atoms with Gasteiger partial charge in [-0.2, -0.15) is 17.6 Å². The van der Waals surface area contributed by atoms with E-state index in [-0.39, 0.29) is 5.91 Å². The number of carbonyl (C=O) groups is 1. The first-order valence-corrected chi connectivity index (χ1v) is 11.3. The van der Waals surface area contributed by atoms with Crippen LogP contribution in [0.1, 0.15) is 35.3 Å². The zero-order valence-electron chi connectivity index (χ0n) is 19.1. The van der Waals surface area contributed by atoms with Gasteiger partial charge in [0.15, 0.2) is 11.5 Å². The molecule has 192 valence electrons. The van der Waals surface area contributed by atoms with E-state index in [0.717, 1.165) is 6.07 Å². The number of likely N-dealkylation sites (N-methyl/N-ethyl adjacent to an activating group) is 1. The SMILES string of the molecule is CNC(=O)[C@@H](N[C@@H](CCc1ccc(Cl)cn1)c1ccc(OC(F)F)c(OC(F)F)c1)c1ccccc1. The van der Waals surface area contributed by atoms with Gasteiger partial charge in [0.1, 0.15) is 6.04 Å². The lowest BCUT2D eigenvalue weighted by Crippen LogP contribution is -2.38. The molecule has 0 radical (unpaired) electrons. The summed E-state index contributed by atoms with van der Waals surface area (Å²) >= 11 is 5.91. The number of nitrogens with one attached hydrogen (secondary N) is 2. The van der Waals surface area contributed by atoms with E-state index in [1.165, 1.54) is 25.4 Å². The van der Waals surface area contributed by atoms with Gasteiger partial charge in [-0.25, -0.2) is 0 Å². The van der Waals surface area contributed by atoms with Crippen molar-refractivity contribution in [1.29, 1.82) is 0 Å². The summed E-state index contributed by atoms with van der Waals surface area (Å²) in [5, 5.41) is 6.35. The summed E-state index contributed by atoms with van der Waals surface area (Å²) in [7, 11) is 1.50. The molecule has 0 bridgehead atoms. The number of halogens is 5. The fraction of sp³-hybridized carbons (Fsp3) is 0.280. The van der Waals surface area contributed by atoms with Gasteiger partial charge in [-0.05, 0) is 48.2 Å². The Hall–Kier alpha value is -3.37. The molecule has 1 heterocycles. The van der Waals surface area contributed by atoms with Crippen LogP contribution in [0.15, 0.2) is 66.9 Å². The summed E-state index contributed by atoms with van der Waals surface area (Å²) in [6.07, 6.45) is 2.31. The van der Waals surface area contributed by atoms with E-state index in [1.54, 1.807) is 36.4 Å². The third-order valence-electron chi connectivity index (χ3n) is 5.29. The minimum Gasteiger partial charge on any atom is -0.431 e. The molecule has 3 aromatic rings. The molecule has 1 aromatic heterocycles. The van der Waals surface area contributed by atoms with Crippen LogP contribution in [0.4, 0.5) is 17.6 Å². The predicted octanol–water partition coefficient (Wildman–Crippen LogP) is 5.69. The topological polar surface area (TPSA) is 72.5 Å². The van der Waals surface area contributed by atoms with Crippen molar-refractivity contribution in [3.8, 4) is 11.5 Å². The number of benzene rings is 2. The number of pyridine rings is 1. The van der Waals surface area contributed by atoms with Crippen LogP contribution >= 0.6 is 11.6 Å². The molecular weight excluding hydrogens is 502 g/mol. The highest BCUT2D eigenvalue weighted by atomic mass is 35.5. The second kappa shape index (κ2) is 13.1. The van der Waals surface area contributed by atoms with Crippen LogP contribution in [0, 0.1) is 0 Å². The largest absolute Gasteiger partial charge is 0.431 e. The summed E-state index contributed by atoms with van der Waals surface area (Å²) < 4.78 is 60.3. The maximum atomic E-state index is 13.0. The molecular formula is C25H24ClF4N3O3. The number of ether oxygens (including phenoxy) is 2. The molecule has 0 fully saturated rings. The van der Waals surface area contributed by atoms with Crippen molar-refractivity contribution in [3.05, 3.63) is 88.7 Å². The summed E-state index contributed by atoms with van der Waals surface area (Å²) in [6.45, 7) is -6.48. The van der Waals surface area contributed by atoms with Gasteiger partial charge in [-0.1, -0.05) is 48.0 Å². The number of nitrogens with zero attached hydrogens (tertiary/aromatic N) is 1. The molecule has 36 heavy (non-hydrogen) atoms. The fourth-order valence-electron chi connectivity index (χ4n) is 3.63. The van der Waals surface area contributed by atoms with E-state index in [0.29, 0.717) is 34.7 Å². The van der Waals surface area contributed by atoms with Crippen molar-refractivity contribution in [2.24, 2.45) is 0 Å². The first-order valence-electron chi connectivity index (χ1n) is 10.9. The van der Waals surface area contributed by atoms with Gasteiger partial charge in [0, 0.05) is 25.0 Å². The number of hydrogen-bond acceptors (Lipinski definition) is 5. The molecule has 0 unspecified atom stereocenters. The molecule has 0 aliphatic rings. The average molecular weight is 526 g/mol. The van der Waals surface area contributed by atoms with Crippen LogP contribution in [0.5, 0.6) is 11.5 Å². The molecule has 0 spiro atoms.